The molecule has 3 heterocycles. The van der Waals surface area contributed by atoms with Gasteiger partial charge in [0.05, 0.1) is 5.69 Å². The molecule has 0 fully saturated rings. The molecular formula is C20H17N5OS. The molecule has 0 aliphatic carbocycles. The highest BCUT2D eigenvalue weighted by Crippen LogP contribution is 2.27. The third kappa shape index (κ3) is 2.71. The highest BCUT2D eigenvalue weighted by Gasteiger charge is 2.17. The van der Waals surface area contributed by atoms with Crippen molar-refractivity contribution in [3.63, 3.8) is 0 Å². The van der Waals surface area contributed by atoms with Crippen LogP contribution in [0.5, 0.6) is 0 Å². The lowest BCUT2D eigenvalue weighted by atomic mass is 10.1. The zero-order valence-corrected chi connectivity index (χ0v) is 16.0. The maximum Gasteiger partial charge on any atom is 0.234 e. The molecule has 0 saturated carbocycles. The maximum absolute atomic E-state index is 5.52. The molecular weight excluding hydrogens is 358 g/mol. The summed E-state index contributed by atoms with van der Waals surface area (Å²) in [6.45, 7) is 6.19. The molecule has 0 unspecified atom stereocenters. The van der Waals surface area contributed by atoms with Gasteiger partial charge in [0.25, 0.3) is 0 Å². The second-order valence-corrected chi connectivity index (χ2v) is 7.89. The van der Waals surface area contributed by atoms with Crippen molar-refractivity contribution < 1.29 is 4.52 Å². The minimum absolute atomic E-state index is 0.608. The van der Waals surface area contributed by atoms with Gasteiger partial charge in [-0.15, -0.1) is 10.2 Å². The summed E-state index contributed by atoms with van der Waals surface area (Å²) < 4.78 is 7.34. The first-order valence-corrected chi connectivity index (χ1v) is 9.54. The Hall–Kier alpha value is -3.06. The molecule has 0 N–H and O–H groups in total. The Morgan fingerprint density at radius 3 is 2.67 bits per heavy atom. The molecule has 0 atom stereocenters. The number of hydrogen-bond acceptors (Lipinski definition) is 6. The lowest BCUT2D eigenvalue weighted by Crippen LogP contribution is -1.95. The molecule has 2 aromatic carbocycles. The van der Waals surface area contributed by atoms with Crippen molar-refractivity contribution in [2.24, 2.45) is 0 Å². The zero-order valence-electron chi connectivity index (χ0n) is 15.2. The number of aryl methyl sites for hydroxylation is 3. The summed E-state index contributed by atoms with van der Waals surface area (Å²) in [6, 6.07) is 12.4. The fourth-order valence-electron chi connectivity index (χ4n) is 3.43. The standard InChI is InChI=1S/C20H17N5OS/c1-11-7-12(2)9-14(8-11)19-21-22-20-25(19)23-17(27-20)10-16-15-6-4-5-13(3)18(15)26-24-16/h4-9H,10H2,1-3H3. The largest absolute Gasteiger partial charge is 0.356 e. The Labute approximate surface area is 159 Å². The Bertz CT molecular complexity index is 1280. The molecule has 0 spiro atoms. The quantitative estimate of drug-likeness (QED) is 0.464. The third-order valence-electron chi connectivity index (χ3n) is 4.60. The molecule has 0 amide bonds. The molecule has 7 heteroatoms. The van der Waals surface area contributed by atoms with Crippen LogP contribution in [0.4, 0.5) is 0 Å². The Kier molecular flexibility index (Phi) is 3.58. The van der Waals surface area contributed by atoms with E-state index in [1.165, 1.54) is 22.5 Å². The Balaban J connectivity index is 1.55. The van der Waals surface area contributed by atoms with E-state index in [-0.39, 0.29) is 0 Å². The van der Waals surface area contributed by atoms with Crippen LogP contribution in [0.3, 0.4) is 0 Å². The molecule has 0 aliphatic heterocycles. The average molecular weight is 375 g/mol. The SMILES string of the molecule is Cc1cc(C)cc(-c2nnc3sc(Cc4noc5c(C)cccc45)nn23)c1. The second-order valence-electron chi connectivity index (χ2n) is 6.85. The van der Waals surface area contributed by atoms with Crippen molar-refractivity contribution in [2.75, 3.05) is 0 Å². The first-order chi connectivity index (χ1) is 13.1. The lowest BCUT2D eigenvalue weighted by Gasteiger charge is -2.01. The van der Waals surface area contributed by atoms with Crippen LogP contribution in [-0.2, 0) is 6.42 Å². The number of aromatic nitrogens is 5. The van der Waals surface area contributed by atoms with Crippen LogP contribution in [-0.4, -0.2) is 25.0 Å². The van der Waals surface area contributed by atoms with Gasteiger partial charge >= 0.3 is 0 Å². The van der Waals surface area contributed by atoms with Crippen molar-refractivity contribution in [1.82, 2.24) is 25.0 Å². The second kappa shape index (κ2) is 5.99. The van der Waals surface area contributed by atoms with E-state index >= 15 is 0 Å². The van der Waals surface area contributed by atoms with E-state index in [1.54, 1.807) is 0 Å². The van der Waals surface area contributed by atoms with E-state index < -0.39 is 0 Å². The first-order valence-electron chi connectivity index (χ1n) is 8.72. The molecule has 134 valence electrons. The number of nitrogens with zero attached hydrogens (tertiary/aromatic N) is 5. The molecule has 0 radical (unpaired) electrons. The molecule has 6 nitrogen and oxygen atoms in total. The van der Waals surface area contributed by atoms with Gasteiger partial charge < -0.3 is 4.52 Å². The number of fused-ring (bicyclic) bond motifs is 2. The van der Waals surface area contributed by atoms with Crippen molar-refractivity contribution in [2.45, 2.75) is 27.2 Å². The van der Waals surface area contributed by atoms with Gasteiger partial charge in [-0.3, -0.25) is 0 Å². The number of rotatable bonds is 3. The fraction of sp³-hybridized carbons (Fsp3) is 0.200. The van der Waals surface area contributed by atoms with E-state index in [0.717, 1.165) is 43.6 Å². The summed E-state index contributed by atoms with van der Waals surface area (Å²) in [5.74, 6) is 0.764. The molecule has 0 aliphatic rings. The molecule has 0 saturated heterocycles. The van der Waals surface area contributed by atoms with E-state index in [1.807, 2.05) is 29.6 Å². The molecule has 0 bridgehead atoms. The summed E-state index contributed by atoms with van der Waals surface area (Å²) in [6.07, 6.45) is 0.608. The van der Waals surface area contributed by atoms with Gasteiger partial charge in [-0.25, -0.2) is 0 Å². The van der Waals surface area contributed by atoms with Crippen molar-refractivity contribution in [3.05, 3.63) is 63.8 Å². The number of para-hydroxylation sites is 1. The summed E-state index contributed by atoms with van der Waals surface area (Å²) >= 11 is 1.53. The monoisotopic (exact) mass is 375 g/mol. The zero-order chi connectivity index (χ0) is 18.5. The number of hydrogen-bond donors (Lipinski definition) is 0. The van der Waals surface area contributed by atoms with Crippen molar-refractivity contribution in [3.8, 4) is 11.4 Å². The van der Waals surface area contributed by atoms with Gasteiger partial charge in [-0.2, -0.15) is 9.61 Å². The van der Waals surface area contributed by atoms with Crippen molar-refractivity contribution in [1.29, 1.82) is 0 Å². The molecule has 5 rings (SSSR count). The first kappa shape index (κ1) is 16.1. The van der Waals surface area contributed by atoms with Crippen LogP contribution in [0, 0.1) is 20.8 Å². The normalized spacial score (nSPS) is 11.7. The minimum atomic E-state index is 0.608. The van der Waals surface area contributed by atoms with Gasteiger partial charge in [0, 0.05) is 17.4 Å². The van der Waals surface area contributed by atoms with Crippen LogP contribution < -0.4 is 0 Å². The molecule has 27 heavy (non-hydrogen) atoms. The summed E-state index contributed by atoms with van der Waals surface area (Å²) in [5, 5.41) is 19.6. The highest BCUT2D eigenvalue weighted by molar-refractivity contribution is 7.16. The summed E-state index contributed by atoms with van der Waals surface area (Å²) in [4.78, 5) is 0.781. The highest BCUT2D eigenvalue weighted by atomic mass is 32.1. The predicted molar refractivity (Wildman–Crippen MR) is 105 cm³/mol. The van der Waals surface area contributed by atoms with E-state index in [2.05, 4.69) is 47.4 Å². The van der Waals surface area contributed by atoms with Gasteiger partial charge in [0.1, 0.15) is 5.01 Å². The topological polar surface area (TPSA) is 69.1 Å². The molecule has 5 aromatic rings. The average Bonchev–Trinajstić information content (AvgIpc) is 3.29. The Morgan fingerprint density at radius 2 is 1.85 bits per heavy atom. The Morgan fingerprint density at radius 1 is 1.04 bits per heavy atom. The third-order valence-corrected chi connectivity index (χ3v) is 5.50. The number of benzene rings is 2. The maximum atomic E-state index is 5.52. The van der Waals surface area contributed by atoms with Gasteiger partial charge in [-0.05, 0) is 44.5 Å². The lowest BCUT2D eigenvalue weighted by molar-refractivity contribution is 0.446. The fourth-order valence-corrected chi connectivity index (χ4v) is 4.27. The van der Waals surface area contributed by atoms with E-state index in [0.29, 0.717) is 6.42 Å². The minimum Gasteiger partial charge on any atom is -0.356 e. The van der Waals surface area contributed by atoms with Gasteiger partial charge in [0.15, 0.2) is 11.4 Å². The van der Waals surface area contributed by atoms with Crippen LogP contribution in [0.15, 0.2) is 40.9 Å². The van der Waals surface area contributed by atoms with Gasteiger partial charge in [0.2, 0.25) is 4.96 Å². The smallest absolute Gasteiger partial charge is 0.234 e. The van der Waals surface area contributed by atoms with E-state index in [4.69, 9.17) is 9.62 Å². The van der Waals surface area contributed by atoms with Crippen molar-refractivity contribution >= 4 is 27.3 Å². The van der Waals surface area contributed by atoms with Crippen LogP contribution in [0.25, 0.3) is 27.3 Å². The predicted octanol–water partition coefficient (Wildman–Crippen LogP) is 4.51. The van der Waals surface area contributed by atoms with Crippen LogP contribution in [0.1, 0.15) is 27.4 Å². The van der Waals surface area contributed by atoms with Gasteiger partial charge in [-0.1, -0.05) is 45.8 Å². The van der Waals surface area contributed by atoms with E-state index in [9.17, 15) is 0 Å². The summed E-state index contributed by atoms with van der Waals surface area (Å²) in [7, 11) is 0. The molecule has 3 aromatic heterocycles. The summed E-state index contributed by atoms with van der Waals surface area (Å²) in [5.41, 5.74) is 6.24. The van der Waals surface area contributed by atoms with Crippen LogP contribution in [0.2, 0.25) is 0 Å². The van der Waals surface area contributed by atoms with Crippen LogP contribution >= 0.6 is 11.3 Å².